The van der Waals surface area contributed by atoms with Crippen LogP contribution in [-0.4, -0.2) is 53.3 Å². The topological polar surface area (TPSA) is 78.4 Å². The van der Waals surface area contributed by atoms with E-state index < -0.39 is 17.0 Å². The van der Waals surface area contributed by atoms with E-state index >= 15 is 0 Å². The molecule has 1 N–H and O–H groups in total. The lowest BCUT2D eigenvalue weighted by Gasteiger charge is -2.23. The van der Waals surface area contributed by atoms with Crippen molar-refractivity contribution in [2.24, 2.45) is 0 Å². The van der Waals surface area contributed by atoms with Crippen molar-refractivity contribution in [3.05, 3.63) is 6.33 Å². The van der Waals surface area contributed by atoms with E-state index in [-0.39, 0.29) is 0 Å². The van der Waals surface area contributed by atoms with E-state index in [1.165, 1.54) is 27.7 Å². The maximum absolute atomic E-state index is 5.33. The zero-order valence-electron chi connectivity index (χ0n) is 11.6. The molecule has 0 radical (unpaired) electrons. The maximum Gasteiger partial charge on any atom is 0.575 e. The molecule has 1 aromatic rings. The second kappa shape index (κ2) is 5.84. The summed E-state index contributed by atoms with van der Waals surface area (Å²) in [6.45, 7) is 6.47. The van der Waals surface area contributed by atoms with Crippen LogP contribution in [0.5, 0.6) is 0 Å². The molecular weight excluding hydrogens is 268 g/mol. The average molecular weight is 288 g/mol. The van der Waals surface area contributed by atoms with E-state index in [4.69, 9.17) is 13.3 Å². The first-order valence-corrected chi connectivity index (χ1v) is 10.7. The summed E-state index contributed by atoms with van der Waals surface area (Å²) < 4.78 is 16.0. The molecule has 0 aliphatic carbocycles. The molecule has 7 nitrogen and oxygen atoms in total. The Labute approximate surface area is 109 Å². The number of rotatable bonds is 6. The Morgan fingerprint density at radius 1 is 1.00 bits per heavy atom. The molecule has 102 valence electrons. The molecule has 0 saturated carbocycles. The van der Waals surface area contributed by atoms with Crippen molar-refractivity contribution >= 4 is 28.4 Å². The number of nitrogens with one attached hydrogen (secondary N) is 1. The van der Waals surface area contributed by atoms with Crippen LogP contribution in [0.1, 0.15) is 0 Å². The number of hydrogen-bond donors (Lipinski definition) is 1. The van der Waals surface area contributed by atoms with Gasteiger partial charge in [-0.05, 0) is 0 Å². The van der Waals surface area contributed by atoms with Crippen LogP contribution in [0.3, 0.4) is 0 Å². The third kappa shape index (κ3) is 3.56. The molecule has 1 heterocycles. The van der Waals surface area contributed by atoms with Crippen LogP contribution in [0.2, 0.25) is 19.6 Å². The first kappa shape index (κ1) is 15.2. The fraction of sp³-hybridized carbons (Fsp3) is 0.667. The minimum Gasteiger partial charge on any atom is -0.380 e. The molecule has 0 unspecified atom stereocenters. The molecule has 0 bridgehead atoms. The summed E-state index contributed by atoms with van der Waals surface area (Å²) in [6.07, 6.45) is 1.43. The zero-order chi connectivity index (χ0) is 13.8. The molecule has 1 rings (SSSR count). The Balaban J connectivity index is 3.07. The van der Waals surface area contributed by atoms with Crippen molar-refractivity contribution in [3.8, 4) is 0 Å². The summed E-state index contributed by atoms with van der Waals surface area (Å²) >= 11 is 0. The molecule has 0 amide bonds. The average Bonchev–Trinajstić information content (AvgIpc) is 2.30. The lowest BCUT2D eigenvalue weighted by atomic mass is 11.0. The largest absolute Gasteiger partial charge is 0.575 e. The van der Waals surface area contributed by atoms with Gasteiger partial charge in [0, 0.05) is 21.3 Å². The number of nitrogens with zero attached hydrogens (tertiary/aromatic N) is 3. The van der Waals surface area contributed by atoms with Crippen molar-refractivity contribution in [2.75, 3.05) is 26.3 Å². The molecule has 0 atom stereocenters. The number of anilines is 1. The SMILES string of the molecule is CO[Si](OC)(OC)c1ncnc(N[Si](C)(C)C)n1. The molecule has 0 fully saturated rings. The Hall–Kier alpha value is -0.876. The highest BCUT2D eigenvalue weighted by Crippen LogP contribution is 2.07. The quantitative estimate of drug-likeness (QED) is 0.749. The van der Waals surface area contributed by atoms with Gasteiger partial charge in [0.25, 0.3) is 0 Å². The van der Waals surface area contributed by atoms with E-state index in [1.54, 1.807) is 0 Å². The van der Waals surface area contributed by atoms with Gasteiger partial charge in [-0.2, -0.15) is 4.98 Å². The molecular formula is C9H20N4O3Si2. The highest BCUT2D eigenvalue weighted by Gasteiger charge is 2.45. The fourth-order valence-electron chi connectivity index (χ4n) is 1.36. The van der Waals surface area contributed by atoms with Gasteiger partial charge in [0.05, 0.1) is 0 Å². The van der Waals surface area contributed by atoms with Crippen LogP contribution in [0.15, 0.2) is 6.33 Å². The normalized spacial score (nSPS) is 12.6. The lowest BCUT2D eigenvalue weighted by molar-refractivity contribution is 0.138. The second-order valence-corrected chi connectivity index (χ2v) is 12.2. The van der Waals surface area contributed by atoms with Crippen molar-refractivity contribution in [1.29, 1.82) is 0 Å². The maximum atomic E-state index is 5.33. The molecule has 0 saturated heterocycles. The minimum absolute atomic E-state index is 0.408. The third-order valence-corrected chi connectivity index (χ3v) is 5.51. The van der Waals surface area contributed by atoms with E-state index in [1.807, 2.05) is 0 Å². The van der Waals surface area contributed by atoms with Gasteiger partial charge in [0.15, 0.2) is 0 Å². The molecule has 0 spiro atoms. The number of aromatic nitrogens is 3. The van der Waals surface area contributed by atoms with Gasteiger partial charge >= 0.3 is 8.80 Å². The Bertz CT molecular complexity index is 387. The summed E-state index contributed by atoms with van der Waals surface area (Å²) in [5.74, 6) is 0.530. The monoisotopic (exact) mass is 288 g/mol. The molecule has 9 heteroatoms. The fourth-order valence-corrected chi connectivity index (χ4v) is 3.66. The highest BCUT2D eigenvalue weighted by molar-refractivity contribution is 6.79. The first-order valence-electron chi connectivity index (χ1n) is 5.50. The Morgan fingerprint density at radius 2 is 1.56 bits per heavy atom. The van der Waals surface area contributed by atoms with Crippen molar-refractivity contribution in [2.45, 2.75) is 19.6 Å². The Kier molecular flexibility index (Phi) is 4.93. The summed E-state index contributed by atoms with van der Waals surface area (Å²) in [6, 6.07) is 0. The summed E-state index contributed by atoms with van der Waals surface area (Å²) in [4.78, 5) is 15.8. The predicted molar refractivity (Wildman–Crippen MR) is 73.2 cm³/mol. The van der Waals surface area contributed by atoms with Gasteiger partial charge in [-0.25, -0.2) is 9.97 Å². The van der Waals surface area contributed by atoms with Crippen molar-refractivity contribution in [3.63, 3.8) is 0 Å². The Morgan fingerprint density at radius 3 is 2.00 bits per heavy atom. The first-order chi connectivity index (χ1) is 8.37. The molecule has 0 aromatic carbocycles. The minimum atomic E-state index is -2.99. The highest BCUT2D eigenvalue weighted by atomic mass is 28.4. The van der Waals surface area contributed by atoms with Crippen molar-refractivity contribution in [1.82, 2.24) is 15.0 Å². The lowest BCUT2D eigenvalue weighted by Crippen LogP contribution is -2.57. The van der Waals surface area contributed by atoms with Crippen molar-refractivity contribution < 1.29 is 13.3 Å². The van der Waals surface area contributed by atoms with Gasteiger partial charge < -0.3 is 18.3 Å². The van der Waals surface area contributed by atoms with E-state index in [9.17, 15) is 0 Å². The van der Waals surface area contributed by atoms with Crippen LogP contribution in [0.4, 0.5) is 5.95 Å². The van der Waals surface area contributed by atoms with Crippen LogP contribution < -0.4 is 10.4 Å². The van der Waals surface area contributed by atoms with Crippen LogP contribution >= 0.6 is 0 Å². The van der Waals surface area contributed by atoms with E-state index in [2.05, 4.69) is 39.6 Å². The molecule has 1 aromatic heterocycles. The molecule has 0 aliphatic heterocycles. The van der Waals surface area contributed by atoms with Gasteiger partial charge in [-0.15, -0.1) is 0 Å². The third-order valence-electron chi connectivity index (χ3n) is 2.14. The predicted octanol–water partition coefficient (Wildman–Crippen LogP) is 0.203. The van der Waals surface area contributed by atoms with Gasteiger partial charge in [-0.3, -0.25) is 0 Å². The summed E-state index contributed by atoms with van der Waals surface area (Å²) in [5.41, 5.74) is 0.408. The van der Waals surface area contributed by atoms with Gasteiger partial charge in [0.1, 0.15) is 14.6 Å². The van der Waals surface area contributed by atoms with E-state index in [0.29, 0.717) is 11.4 Å². The smallest absolute Gasteiger partial charge is 0.380 e. The van der Waals surface area contributed by atoms with E-state index in [0.717, 1.165) is 0 Å². The second-order valence-electron chi connectivity index (χ2n) is 4.68. The summed E-state index contributed by atoms with van der Waals surface area (Å²) in [7, 11) is 0.0598. The zero-order valence-corrected chi connectivity index (χ0v) is 13.6. The van der Waals surface area contributed by atoms with Crippen LogP contribution in [0, 0.1) is 0 Å². The van der Waals surface area contributed by atoms with Crippen LogP contribution in [0.25, 0.3) is 0 Å². The summed E-state index contributed by atoms with van der Waals surface area (Å²) in [5, 5.41) is 0. The van der Waals surface area contributed by atoms with Crippen LogP contribution in [-0.2, 0) is 13.3 Å². The van der Waals surface area contributed by atoms with Gasteiger partial charge in [-0.1, -0.05) is 19.6 Å². The number of hydrogen-bond acceptors (Lipinski definition) is 7. The molecule has 18 heavy (non-hydrogen) atoms. The van der Waals surface area contributed by atoms with Gasteiger partial charge in [0.2, 0.25) is 11.4 Å². The standard InChI is InChI=1S/C9H20N4O3Si2/c1-14-18(15-2,16-3)9-11-7-10-8(12-9)13-17(4,5)6/h7H,1-6H3,(H,10,11,12,13). The molecule has 0 aliphatic rings.